The number of hydrogen-bond donors (Lipinski definition) is 0. The lowest BCUT2D eigenvalue weighted by molar-refractivity contribution is 0.170. The summed E-state index contributed by atoms with van der Waals surface area (Å²) in [6.45, 7) is 2.99. The van der Waals surface area contributed by atoms with Crippen molar-refractivity contribution in [2.24, 2.45) is 0 Å². The Bertz CT molecular complexity index is 376. The third-order valence-electron chi connectivity index (χ3n) is 1.79. The van der Waals surface area contributed by atoms with Crippen molar-refractivity contribution in [1.29, 1.82) is 0 Å². The van der Waals surface area contributed by atoms with Crippen molar-refractivity contribution in [3.63, 3.8) is 0 Å². The van der Waals surface area contributed by atoms with Crippen molar-refractivity contribution >= 4 is 9.84 Å². The molecule has 0 amide bonds. The van der Waals surface area contributed by atoms with Gasteiger partial charge in [0.05, 0.1) is 4.90 Å². The summed E-state index contributed by atoms with van der Waals surface area (Å²) < 4.78 is 22.7. The molecule has 0 aliphatic rings. The van der Waals surface area contributed by atoms with Crippen LogP contribution in [-0.2, 0) is 14.9 Å². The topological polar surface area (TPSA) is 54.0 Å². The van der Waals surface area contributed by atoms with Gasteiger partial charge in [-0.05, 0) is 26.0 Å². The van der Waals surface area contributed by atoms with Crippen LogP contribution in [0.1, 0.15) is 12.5 Å². The lowest BCUT2D eigenvalue weighted by Crippen LogP contribution is -2.15. The van der Waals surface area contributed by atoms with E-state index in [1.165, 1.54) is 12.1 Å². The fourth-order valence-electron chi connectivity index (χ4n) is 0.920. The average molecular weight is 199 g/mol. The fraction of sp³-hybridized carbons (Fsp3) is 0.333. The van der Waals surface area contributed by atoms with Crippen LogP contribution >= 0.6 is 0 Å². The van der Waals surface area contributed by atoms with Crippen LogP contribution in [0.3, 0.4) is 0 Å². The monoisotopic (exact) mass is 199 g/mol. The number of sulfone groups is 1. The Kier molecular flexibility index (Phi) is 2.73. The van der Waals surface area contributed by atoms with Crippen molar-refractivity contribution in [2.45, 2.75) is 24.2 Å². The molecule has 0 aliphatic carbocycles. The zero-order valence-corrected chi connectivity index (χ0v) is 8.34. The van der Waals surface area contributed by atoms with Crippen molar-refractivity contribution < 1.29 is 13.5 Å². The maximum Gasteiger partial charge on any atom is 0.208 e. The zero-order valence-electron chi connectivity index (χ0n) is 7.52. The Labute approximate surface area is 77.9 Å². The molecule has 3 nitrogen and oxygen atoms in total. The van der Waals surface area contributed by atoms with Gasteiger partial charge in [-0.1, -0.05) is 17.7 Å². The molecule has 1 rings (SSSR count). The van der Waals surface area contributed by atoms with Gasteiger partial charge in [0.2, 0.25) is 9.84 Å². The lowest BCUT2D eigenvalue weighted by Gasteiger charge is -2.04. The second-order valence-corrected chi connectivity index (χ2v) is 5.15. The summed E-state index contributed by atoms with van der Waals surface area (Å²) in [6, 6.07) is 6.27. The third-order valence-corrected chi connectivity index (χ3v) is 3.59. The smallest absolute Gasteiger partial charge is 0.208 e. The molecule has 71 valence electrons. The van der Waals surface area contributed by atoms with Crippen LogP contribution in [0.4, 0.5) is 0 Å². The molecule has 0 saturated heterocycles. The second kappa shape index (κ2) is 3.47. The predicted octanol–water partition coefficient (Wildman–Crippen LogP) is 1.55. The molecule has 0 bridgehead atoms. The van der Waals surface area contributed by atoms with Gasteiger partial charge in [-0.2, -0.15) is 0 Å². The van der Waals surface area contributed by atoms with E-state index in [1.807, 2.05) is 6.92 Å². The average Bonchev–Trinajstić information content (AvgIpc) is 2.04. The Morgan fingerprint density at radius 3 is 2.00 bits per heavy atom. The Morgan fingerprint density at radius 2 is 1.62 bits per heavy atom. The third kappa shape index (κ3) is 2.08. The van der Waals surface area contributed by atoms with Crippen molar-refractivity contribution in [2.75, 3.05) is 0 Å². The summed E-state index contributed by atoms with van der Waals surface area (Å²) in [5, 5.41) is 10.8. The molecular weight excluding hydrogens is 188 g/mol. The van der Waals surface area contributed by atoms with E-state index in [-0.39, 0.29) is 4.90 Å². The van der Waals surface area contributed by atoms with Gasteiger partial charge in [0.15, 0.2) is 5.44 Å². The largest absolute Gasteiger partial charge is 0.221 e. The van der Waals surface area contributed by atoms with Crippen molar-refractivity contribution in [3.05, 3.63) is 29.8 Å². The predicted molar refractivity (Wildman–Crippen MR) is 48.5 cm³/mol. The second-order valence-electron chi connectivity index (χ2n) is 2.93. The van der Waals surface area contributed by atoms with Gasteiger partial charge in [0, 0.05) is 0 Å². The van der Waals surface area contributed by atoms with Crippen LogP contribution < -0.4 is 0 Å². The summed E-state index contributed by atoms with van der Waals surface area (Å²) in [5.74, 6) is 0. The first kappa shape index (κ1) is 10.2. The molecular formula is C9H11O3S. The molecule has 0 fully saturated rings. The maximum atomic E-state index is 11.3. The highest BCUT2D eigenvalue weighted by Crippen LogP contribution is 2.15. The van der Waals surface area contributed by atoms with Crippen LogP contribution in [0.2, 0.25) is 0 Å². The molecule has 1 unspecified atom stereocenters. The van der Waals surface area contributed by atoms with Crippen LogP contribution in [0, 0.1) is 6.92 Å². The van der Waals surface area contributed by atoms with Gasteiger partial charge in [-0.25, -0.2) is 13.5 Å². The number of aryl methyl sites for hydroxylation is 1. The molecule has 1 radical (unpaired) electrons. The highest BCUT2D eigenvalue weighted by atomic mass is 32.2. The molecule has 0 N–H and O–H groups in total. The van der Waals surface area contributed by atoms with Gasteiger partial charge in [-0.3, -0.25) is 0 Å². The summed E-state index contributed by atoms with van der Waals surface area (Å²) in [4.78, 5) is 0.0978. The zero-order chi connectivity index (χ0) is 10.1. The molecule has 13 heavy (non-hydrogen) atoms. The van der Waals surface area contributed by atoms with E-state index >= 15 is 0 Å². The van der Waals surface area contributed by atoms with Gasteiger partial charge in [-0.15, -0.1) is 0 Å². The Balaban J connectivity index is 3.17. The number of benzene rings is 1. The van der Waals surface area contributed by atoms with Gasteiger partial charge in [0.25, 0.3) is 0 Å². The van der Waals surface area contributed by atoms with E-state index in [1.54, 1.807) is 12.1 Å². The Morgan fingerprint density at radius 1 is 1.15 bits per heavy atom. The van der Waals surface area contributed by atoms with Crippen molar-refractivity contribution in [3.8, 4) is 0 Å². The molecule has 1 aromatic rings. The standard InChI is InChI=1S/C9H11O3S/c1-7-3-5-9(6-4-7)13(11,12)8(2)10/h3-6,8H,1-2H3. The molecule has 0 aromatic heterocycles. The minimum atomic E-state index is -3.65. The van der Waals surface area contributed by atoms with E-state index in [4.69, 9.17) is 0 Å². The molecule has 0 aliphatic heterocycles. The first-order valence-corrected chi connectivity index (χ1v) is 5.45. The quantitative estimate of drug-likeness (QED) is 0.725. The van der Waals surface area contributed by atoms with Crippen LogP contribution in [0.5, 0.6) is 0 Å². The van der Waals surface area contributed by atoms with E-state index in [0.717, 1.165) is 12.5 Å². The molecule has 0 spiro atoms. The first-order valence-electron chi connectivity index (χ1n) is 3.91. The molecule has 0 heterocycles. The molecule has 4 heteroatoms. The van der Waals surface area contributed by atoms with Gasteiger partial charge < -0.3 is 0 Å². The minimum absolute atomic E-state index is 0.0978. The molecule has 1 aromatic carbocycles. The van der Waals surface area contributed by atoms with Gasteiger partial charge in [0.1, 0.15) is 0 Å². The van der Waals surface area contributed by atoms with E-state index in [0.29, 0.717) is 0 Å². The molecule has 0 saturated carbocycles. The number of rotatable bonds is 2. The van der Waals surface area contributed by atoms with E-state index < -0.39 is 15.3 Å². The Hall–Kier alpha value is -0.870. The minimum Gasteiger partial charge on any atom is -0.221 e. The highest BCUT2D eigenvalue weighted by Gasteiger charge is 2.21. The van der Waals surface area contributed by atoms with Crippen molar-refractivity contribution in [1.82, 2.24) is 0 Å². The van der Waals surface area contributed by atoms with Crippen LogP contribution in [0.15, 0.2) is 29.2 Å². The fourth-order valence-corrected chi connectivity index (χ4v) is 1.82. The van der Waals surface area contributed by atoms with Crippen LogP contribution in [0.25, 0.3) is 0 Å². The van der Waals surface area contributed by atoms with E-state index in [9.17, 15) is 13.5 Å². The summed E-state index contributed by atoms with van der Waals surface area (Å²) in [6.07, 6.45) is 0. The maximum absolute atomic E-state index is 11.3. The summed E-state index contributed by atoms with van der Waals surface area (Å²) in [7, 11) is -3.65. The number of hydrogen-bond acceptors (Lipinski definition) is 2. The van der Waals surface area contributed by atoms with E-state index in [2.05, 4.69) is 0 Å². The SMILES string of the molecule is Cc1ccc(S(=O)(=O)C(C)[O])cc1. The normalized spacial score (nSPS) is 14.1. The molecule has 1 atom stereocenters. The highest BCUT2D eigenvalue weighted by molar-refractivity contribution is 7.91. The summed E-state index contributed by atoms with van der Waals surface area (Å²) in [5.41, 5.74) is -0.632. The van der Waals surface area contributed by atoms with Gasteiger partial charge >= 0.3 is 0 Å². The summed E-state index contributed by atoms with van der Waals surface area (Å²) >= 11 is 0. The lowest BCUT2D eigenvalue weighted by atomic mass is 10.2. The van der Waals surface area contributed by atoms with Crippen LogP contribution in [-0.4, -0.2) is 13.9 Å². The first-order chi connectivity index (χ1) is 5.94.